The Morgan fingerprint density at radius 1 is 1.50 bits per heavy atom. The van der Waals surface area contributed by atoms with Crippen molar-refractivity contribution in [1.82, 2.24) is 14.9 Å². The predicted octanol–water partition coefficient (Wildman–Crippen LogP) is 2.31. The van der Waals surface area contributed by atoms with E-state index >= 15 is 0 Å². The van der Waals surface area contributed by atoms with Gasteiger partial charge in [0, 0.05) is 30.2 Å². The molecule has 2 heterocycles. The topological polar surface area (TPSA) is 46.9 Å². The Morgan fingerprint density at radius 3 is 2.89 bits per heavy atom. The Bertz CT molecular complexity index is 557. The zero-order chi connectivity index (χ0) is 13.1. The van der Waals surface area contributed by atoms with Crippen molar-refractivity contribution in [3.63, 3.8) is 0 Å². The molecule has 0 bridgehead atoms. The molecule has 0 saturated heterocycles. The summed E-state index contributed by atoms with van der Waals surface area (Å²) in [5.74, 6) is -0.149. The van der Waals surface area contributed by atoms with Gasteiger partial charge in [0.2, 0.25) is 0 Å². The number of hydrogen-bond acceptors (Lipinski definition) is 2. The molecule has 0 aromatic carbocycles. The van der Waals surface area contributed by atoms with E-state index in [0.29, 0.717) is 17.3 Å². The highest BCUT2D eigenvalue weighted by molar-refractivity contribution is 6.29. The van der Waals surface area contributed by atoms with Crippen molar-refractivity contribution in [1.29, 1.82) is 0 Å². The average Bonchev–Trinajstić information content (AvgIpc) is 2.70. The molecule has 18 heavy (non-hydrogen) atoms. The van der Waals surface area contributed by atoms with Crippen LogP contribution in [0.2, 0.25) is 5.15 Å². The zero-order valence-corrected chi connectivity index (χ0v) is 11.0. The maximum absolute atomic E-state index is 11.9. The van der Waals surface area contributed by atoms with Crippen LogP contribution in [0, 0.1) is 6.92 Å². The molecule has 0 radical (unpaired) electrons. The number of aromatic nitrogens is 2. The second-order valence-electron chi connectivity index (χ2n) is 4.11. The molecule has 0 aliphatic rings. The van der Waals surface area contributed by atoms with Crippen molar-refractivity contribution in [2.75, 3.05) is 0 Å². The second kappa shape index (κ2) is 5.23. The summed E-state index contributed by atoms with van der Waals surface area (Å²) in [4.78, 5) is 16.0. The third kappa shape index (κ3) is 2.90. The molecule has 1 amide bonds. The first-order chi connectivity index (χ1) is 8.56. The second-order valence-corrected chi connectivity index (χ2v) is 4.50. The molecular formula is C13H14ClN3O. The Labute approximate surface area is 111 Å². The first kappa shape index (κ1) is 12.6. The largest absolute Gasteiger partial charge is 0.353 e. The van der Waals surface area contributed by atoms with Crippen LogP contribution in [0.4, 0.5) is 0 Å². The lowest BCUT2D eigenvalue weighted by atomic mass is 10.2. The van der Waals surface area contributed by atoms with Crippen LogP contribution in [-0.4, -0.2) is 15.5 Å². The fourth-order valence-electron chi connectivity index (χ4n) is 1.71. The molecule has 4 nitrogen and oxygen atoms in total. The summed E-state index contributed by atoms with van der Waals surface area (Å²) in [7, 11) is 1.94. The summed E-state index contributed by atoms with van der Waals surface area (Å²) < 4.78 is 1.96. The Hall–Kier alpha value is -1.81. The van der Waals surface area contributed by atoms with Gasteiger partial charge in [0.05, 0.1) is 6.54 Å². The number of aryl methyl sites for hydroxylation is 2. The lowest BCUT2D eigenvalue weighted by molar-refractivity contribution is 0.0950. The molecule has 94 valence electrons. The van der Waals surface area contributed by atoms with Gasteiger partial charge in [-0.3, -0.25) is 4.79 Å². The molecule has 0 atom stereocenters. The molecule has 0 fully saturated rings. The standard InChI is InChI=1S/C13H14ClN3O/c1-9-6-10(7-12(14)16-9)13(18)15-8-11-4-3-5-17(11)2/h3-7H,8H2,1-2H3,(H,15,18). The summed E-state index contributed by atoms with van der Waals surface area (Å²) in [6.45, 7) is 2.29. The first-order valence-corrected chi connectivity index (χ1v) is 5.96. The van der Waals surface area contributed by atoms with Crippen molar-refractivity contribution in [2.24, 2.45) is 7.05 Å². The lowest BCUT2D eigenvalue weighted by Gasteiger charge is -2.07. The molecule has 0 unspecified atom stereocenters. The van der Waals surface area contributed by atoms with Gasteiger partial charge in [0.25, 0.3) is 5.91 Å². The van der Waals surface area contributed by atoms with E-state index in [2.05, 4.69) is 10.3 Å². The quantitative estimate of drug-likeness (QED) is 0.864. The maximum Gasteiger partial charge on any atom is 0.251 e. The number of carbonyl (C=O) groups is 1. The van der Waals surface area contributed by atoms with Gasteiger partial charge in [-0.1, -0.05) is 11.6 Å². The van der Waals surface area contributed by atoms with Crippen molar-refractivity contribution in [3.05, 3.63) is 52.6 Å². The van der Waals surface area contributed by atoms with Crippen LogP contribution in [0.25, 0.3) is 0 Å². The van der Waals surface area contributed by atoms with Crippen molar-refractivity contribution in [2.45, 2.75) is 13.5 Å². The average molecular weight is 264 g/mol. The highest BCUT2D eigenvalue weighted by Crippen LogP contribution is 2.10. The minimum Gasteiger partial charge on any atom is -0.353 e. The van der Waals surface area contributed by atoms with Crippen LogP contribution in [0.15, 0.2) is 30.5 Å². The summed E-state index contributed by atoms with van der Waals surface area (Å²) in [6, 6.07) is 7.18. The monoisotopic (exact) mass is 263 g/mol. The number of carbonyl (C=O) groups excluding carboxylic acids is 1. The van der Waals surface area contributed by atoms with Gasteiger partial charge in [-0.2, -0.15) is 0 Å². The van der Waals surface area contributed by atoms with Gasteiger partial charge < -0.3 is 9.88 Å². The molecule has 1 N–H and O–H groups in total. The first-order valence-electron chi connectivity index (χ1n) is 5.59. The Balaban J connectivity index is 2.06. The normalized spacial score (nSPS) is 10.4. The van der Waals surface area contributed by atoms with E-state index in [1.807, 2.05) is 29.9 Å². The summed E-state index contributed by atoms with van der Waals surface area (Å²) in [6.07, 6.45) is 1.94. The molecule has 0 spiro atoms. The number of halogens is 1. The van der Waals surface area contributed by atoms with Gasteiger partial charge in [-0.05, 0) is 31.2 Å². The van der Waals surface area contributed by atoms with Crippen LogP contribution in [0.5, 0.6) is 0 Å². The van der Waals surface area contributed by atoms with Gasteiger partial charge in [0.15, 0.2) is 0 Å². The molecule has 0 saturated carbocycles. The van der Waals surface area contributed by atoms with Gasteiger partial charge in [0.1, 0.15) is 5.15 Å². The number of rotatable bonds is 3. The number of amides is 1. The number of nitrogens with zero attached hydrogens (tertiary/aromatic N) is 2. The molecule has 0 aliphatic carbocycles. The van der Waals surface area contributed by atoms with Crippen LogP contribution < -0.4 is 5.32 Å². The van der Waals surface area contributed by atoms with E-state index in [-0.39, 0.29) is 5.91 Å². The fraction of sp³-hybridized carbons (Fsp3) is 0.231. The third-order valence-corrected chi connectivity index (χ3v) is 2.86. The number of nitrogens with one attached hydrogen (secondary N) is 1. The van der Waals surface area contributed by atoms with E-state index in [4.69, 9.17) is 11.6 Å². The summed E-state index contributed by atoms with van der Waals surface area (Å²) in [5.41, 5.74) is 2.30. The maximum atomic E-state index is 11.9. The molecule has 2 rings (SSSR count). The van der Waals surface area contributed by atoms with Crippen LogP contribution in [0.3, 0.4) is 0 Å². The number of hydrogen-bond donors (Lipinski definition) is 1. The smallest absolute Gasteiger partial charge is 0.251 e. The van der Waals surface area contributed by atoms with Gasteiger partial charge in [-0.25, -0.2) is 4.98 Å². The van der Waals surface area contributed by atoms with Crippen LogP contribution in [0.1, 0.15) is 21.7 Å². The van der Waals surface area contributed by atoms with E-state index in [1.165, 1.54) is 0 Å². The molecule has 2 aromatic heterocycles. The van der Waals surface area contributed by atoms with Crippen molar-refractivity contribution < 1.29 is 4.79 Å². The Kier molecular flexibility index (Phi) is 3.67. The van der Waals surface area contributed by atoms with Crippen molar-refractivity contribution in [3.8, 4) is 0 Å². The van der Waals surface area contributed by atoms with Crippen LogP contribution in [-0.2, 0) is 13.6 Å². The highest BCUT2D eigenvalue weighted by atomic mass is 35.5. The Morgan fingerprint density at radius 2 is 2.28 bits per heavy atom. The van der Waals surface area contributed by atoms with Crippen LogP contribution >= 0.6 is 11.6 Å². The molecule has 5 heteroatoms. The third-order valence-electron chi connectivity index (χ3n) is 2.67. The number of pyridine rings is 1. The van der Waals surface area contributed by atoms with E-state index in [0.717, 1.165) is 11.4 Å². The van der Waals surface area contributed by atoms with Crippen molar-refractivity contribution >= 4 is 17.5 Å². The summed E-state index contributed by atoms with van der Waals surface area (Å²) >= 11 is 5.82. The predicted molar refractivity (Wildman–Crippen MR) is 70.6 cm³/mol. The van der Waals surface area contributed by atoms with E-state index < -0.39 is 0 Å². The SMILES string of the molecule is Cc1cc(C(=O)NCc2cccn2C)cc(Cl)n1. The lowest BCUT2D eigenvalue weighted by Crippen LogP contribution is -2.24. The molecule has 2 aromatic rings. The molecular weight excluding hydrogens is 250 g/mol. The van der Waals surface area contributed by atoms with Gasteiger partial charge in [-0.15, -0.1) is 0 Å². The molecule has 0 aliphatic heterocycles. The van der Waals surface area contributed by atoms with E-state index in [1.54, 1.807) is 19.1 Å². The fourth-order valence-corrected chi connectivity index (χ4v) is 1.96. The summed E-state index contributed by atoms with van der Waals surface area (Å²) in [5, 5.41) is 3.18. The highest BCUT2D eigenvalue weighted by Gasteiger charge is 2.08. The zero-order valence-electron chi connectivity index (χ0n) is 10.3. The van der Waals surface area contributed by atoms with E-state index in [9.17, 15) is 4.79 Å². The minimum absolute atomic E-state index is 0.149. The minimum atomic E-state index is -0.149. The van der Waals surface area contributed by atoms with Gasteiger partial charge >= 0.3 is 0 Å².